The van der Waals surface area contributed by atoms with Gasteiger partial charge in [-0.1, -0.05) is 0 Å². The van der Waals surface area contributed by atoms with E-state index in [1.165, 1.54) is 4.88 Å². The molecule has 3 nitrogen and oxygen atoms in total. The summed E-state index contributed by atoms with van der Waals surface area (Å²) < 4.78 is 1.03. The van der Waals surface area contributed by atoms with E-state index in [2.05, 4.69) is 38.1 Å². The number of rotatable bonds is 3. The van der Waals surface area contributed by atoms with Crippen LogP contribution in [0.5, 0.6) is 0 Å². The summed E-state index contributed by atoms with van der Waals surface area (Å²) in [6.07, 6.45) is 0. The monoisotopic (exact) mass is 311 g/mol. The van der Waals surface area contributed by atoms with Crippen molar-refractivity contribution in [1.82, 2.24) is 9.97 Å². The number of thiazole rings is 1. The van der Waals surface area contributed by atoms with Crippen LogP contribution in [0, 0.1) is 20.8 Å². The second kappa shape index (κ2) is 5.14. The predicted molar refractivity (Wildman–Crippen MR) is 75.6 cm³/mol. The second-order valence-corrected chi connectivity index (χ2v) is 6.11. The SMILES string of the molecule is Cc1nc(CNc2ccc(Br)c(C)n2)c(C)s1. The Bertz CT molecular complexity index is 537. The van der Waals surface area contributed by atoms with Gasteiger partial charge in [0.05, 0.1) is 22.9 Å². The molecule has 0 bridgehead atoms. The Morgan fingerprint density at radius 3 is 2.59 bits per heavy atom. The summed E-state index contributed by atoms with van der Waals surface area (Å²) in [7, 11) is 0. The lowest BCUT2D eigenvalue weighted by Crippen LogP contribution is -2.03. The van der Waals surface area contributed by atoms with Crippen LogP contribution >= 0.6 is 27.3 Å². The molecule has 1 N–H and O–H groups in total. The third-order valence-corrected chi connectivity index (χ3v) is 4.22. The fraction of sp³-hybridized carbons (Fsp3) is 0.333. The number of hydrogen-bond acceptors (Lipinski definition) is 4. The molecule has 0 atom stereocenters. The van der Waals surface area contributed by atoms with Crippen molar-refractivity contribution in [3.8, 4) is 0 Å². The van der Waals surface area contributed by atoms with Crippen LogP contribution in [0.25, 0.3) is 0 Å². The van der Waals surface area contributed by atoms with E-state index in [0.717, 1.165) is 33.2 Å². The number of pyridine rings is 1. The van der Waals surface area contributed by atoms with Crippen LogP contribution in [-0.2, 0) is 6.54 Å². The standard InChI is InChI=1S/C12H14BrN3S/c1-7-10(13)4-5-12(15-7)14-6-11-8(2)17-9(3)16-11/h4-5H,6H2,1-3H3,(H,14,15). The Morgan fingerprint density at radius 1 is 1.24 bits per heavy atom. The minimum Gasteiger partial charge on any atom is -0.364 e. The van der Waals surface area contributed by atoms with Gasteiger partial charge in [-0.3, -0.25) is 0 Å². The van der Waals surface area contributed by atoms with Crippen molar-refractivity contribution in [2.75, 3.05) is 5.32 Å². The summed E-state index contributed by atoms with van der Waals surface area (Å²) in [6.45, 7) is 6.84. The molecular formula is C12H14BrN3S. The maximum absolute atomic E-state index is 4.48. The molecule has 90 valence electrons. The van der Waals surface area contributed by atoms with Gasteiger partial charge in [-0.2, -0.15) is 0 Å². The van der Waals surface area contributed by atoms with Gasteiger partial charge >= 0.3 is 0 Å². The summed E-state index contributed by atoms with van der Waals surface area (Å²) in [4.78, 5) is 10.2. The Labute approximate surface area is 113 Å². The molecule has 0 fully saturated rings. The maximum Gasteiger partial charge on any atom is 0.126 e. The van der Waals surface area contributed by atoms with Crippen LogP contribution in [0.15, 0.2) is 16.6 Å². The van der Waals surface area contributed by atoms with Gasteiger partial charge < -0.3 is 5.32 Å². The first-order chi connectivity index (χ1) is 8.06. The quantitative estimate of drug-likeness (QED) is 0.936. The first kappa shape index (κ1) is 12.5. The normalized spacial score (nSPS) is 10.6. The topological polar surface area (TPSA) is 37.8 Å². The van der Waals surface area contributed by atoms with Crippen LogP contribution in [-0.4, -0.2) is 9.97 Å². The molecule has 5 heteroatoms. The number of nitrogens with one attached hydrogen (secondary N) is 1. The summed E-state index contributed by atoms with van der Waals surface area (Å²) >= 11 is 5.17. The average molecular weight is 312 g/mol. The van der Waals surface area contributed by atoms with E-state index in [9.17, 15) is 0 Å². The van der Waals surface area contributed by atoms with Crippen molar-refractivity contribution < 1.29 is 0 Å². The van der Waals surface area contributed by atoms with Gasteiger partial charge in [-0.25, -0.2) is 9.97 Å². The highest BCUT2D eigenvalue weighted by Gasteiger charge is 2.05. The van der Waals surface area contributed by atoms with E-state index in [4.69, 9.17) is 0 Å². The van der Waals surface area contributed by atoms with Crippen LogP contribution in [0.2, 0.25) is 0 Å². The molecule has 0 aliphatic carbocycles. The molecule has 0 aliphatic heterocycles. The zero-order valence-electron chi connectivity index (χ0n) is 10.0. The molecule has 0 aliphatic rings. The highest BCUT2D eigenvalue weighted by atomic mass is 79.9. The largest absolute Gasteiger partial charge is 0.364 e. The summed E-state index contributed by atoms with van der Waals surface area (Å²) in [5.41, 5.74) is 2.09. The molecule has 2 heterocycles. The number of hydrogen-bond donors (Lipinski definition) is 1. The average Bonchev–Trinajstić information content (AvgIpc) is 2.59. The van der Waals surface area contributed by atoms with E-state index >= 15 is 0 Å². The number of nitrogens with zero attached hydrogens (tertiary/aromatic N) is 2. The van der Waals surface area contributed by atoms with E-state index < -0.39 is 0 Å². The molecule has 2 aromatic rings. The fourth-order valence-electron chi connectivity index (χ4n) is 1.55. The van der Waals surface area contributed by atoms with Crippen LogP contribution < -0.4 is 5.32 Å². The van der Waals surface area contributed by atoms with E-state index in [1.807, 2.05) is 26.0 Å². The molecular weight excluding hydrogens is 298 g/mol. The first-order valence-electron chi connectivity index (χ1n) is 5.36. The van der Waals surface area contributed by atoms with Crippen molar-refractivity contribution in [2.24, 2.45) is 0 Å². The molecule has 17 heavy (non-hydrogen) atoms. The third kappa shape index (κ3) is 3.04. The lowest BCUT2D eigenvalue weighted by Gasteiger charge is -2.06. The molecule has 0 saturated carbocycles. The molecule has 0 amide bonds. The molecule has 0 unspecified atom stereocenters. The molecule has 0 radical (unpaired) electrons. The van der Waals surface area contributed by atoms with Crippen molar-refractivity contribution >= 4 is 33.1 Å². The zero-order valence-corrected chi connectivity index (χ0v) is 12.4. The minimum atomic E-state index is 0.726. The van der Waals surface area contributed by atoms with Gasteiger partial charge in [0.2, 0.25) is 0 Å². The van der Waals surface area contributed by atoms with Gasteiger partial charge in [0.1, 0.15) is 5.82 Å². The van der Waals surface area contributed by atoms with E-state index in [0.29, 0.717) is 0 Å². The van der Waals surface area contributed by atoms with Crippen LogP contribution in [0.3, 0.4) is 0 Å². The van der Waals surface area contributed by atoms with Crippen molar-refractivity contribution in [1.29, 1.82) is 0 Å². The lowest BCUT2D eigenvalue weighted by atomic mass is 10.3. The summed E-state index contributed by atoms with van der Waals surface area (Å²) in [6, 6.07) is 3.97. The minimum absolute atomic E-state index is 0.726. The van der Waals surface area contributed by atoms with Gasteiger partial charge in [0.25, 0.3) is 0 Å². The summed E-state index contributed by atoms with van der Waals surface area (Å²) in [5.74, 6) is 0.885. The van der Waals surface area contributed by atoms with Gasteiger partial charge in [0.15, 0.2) is 0 Å². The molecule has 0 aromatic carbocycles. The smallest absolute Gasteiger partial charge is 0.126 e. The van der Waals surface area contributed by atoms with Crippen LogP contribution in [0.1, 0.15) is 21.3 Å². The zero-order chi connectivity index (χ0) is 12.4. The maximum atomic E-state index is 4.48. The number of halogens is 1. The second-order valence-electron chi connectivity index (χ2n) is 3.85. The number of aromatic nitrogens is 2. The number of anilines is 1. The van der Waals surface area contributed by atoms with Gasteiger partial charge in [0, 0.05) is 9.35 Å². The van der Waals surface area contributed by atoms with Crippen molar-refractivity contribution in [3.63, 3.8) is 0 Å². The highest BCUT2D eigenvalue weighted by Crippen LogP contribution is 2.19. The van der Waals surface area contributed by atoms with Gasteiger partial charge in [-0.05, 0) is 48.8 Å². The number of aryl methyl sites for hydroxylation is 3. The van der Waals surface area contributed by atoms with Crippen molar-refractivity contribution in [2.45, 2.75) is 27.3 Å². The van der Waals surface area contributed by atoms with Gasteiger partial charge in [-0.15, -0.1) is 11.3 Å². The van der Waals surface area contributed by atoms with Crippen LogP contribution in [0.4, 0.5) is 5.82 Å². The molecule has 0 saturated heterocycles. The molecule has 2 aromatic heterocycles. The van der Waals surface area contributed by atoms with E-state index in [-0.39, 0.29) is 0 Å². The highest BCUT2D eigenvalue weighted by molar-refractivity contribution is 9.10. The Balaban J connectivity index is 2.07. The summed E-state index contributed by atoms with van der Waals surface area (Å²) in [5, 5.41) is 4.41. The fourth-order valence-corrected chi connectivity index (χ4v) is 2.61. The molecule has 0 spiro atoms. The molecule has 2 rings (SSSR count). The van der Waals surface area contributed by atoms with E-state index in [1.54, 1.807) is 11.3 Å². The predicted octanol–water partition coefficient (Wildman–Crippen LogP) is 3.84. The Hall–Kier alpha value is -0.940. The Morgan fingerprint density at radius 2 is 2.00 bits per heavy atom. The lowest BCUT2D eigenvalue weighted by molar-refractivity contribution is 1.01. The Kier molecular flexibility index (Phi) is 3.79. The third-order valence-electron chi connectivity index (χ3n) is 2.46. The van der Waals surface area contributed by atoms with Crippen molar-refractivity contribution in [3.05, 3.63) is 37.9 Å². The first-order valence-corrected chi connectivity index (χ1v) is 6.97.